The summed E-state index contributed by atoms with van der Waals surface area (Å²) in [6, 6.07) is 9.35. The molecule has 1 aromatic carbocycles. The third kappa shape index (κ3) is 4.03. The number of fused-ring (bicyclic) bond motifs is 1. The number of carboxylic acid groups (broad SMARTS) is 1. The average molecular weight is 488 g/mol. The van der Waals surface area contributed by atoms with Gasteiger partial charge >= 0.3 is 5.97 Å². The number of carbonyl (C=O) groups excluding carboxylic acids is 1. The van der Waals surface area contributed by atoms with Crippen molar-refractivity contribution in [2.75, 3.05) is 0 Å². The average Bonchev–Trinajstić information content (AvgIpc) is 3.32. The summed E-state index contributed by atoms with van der Waals surface area (Å²) in [6.45, 7) is 0. The first-order valence-corrected chi connectivity index (χ1v) is 11.7. The Labute approximate surface area is 205 Å². The fraction of sp³-hybridized carbons (Fsp3) is 0.280. The summed E-state index contributed by atoms with van der Waals surface area (Å²) in [7, 11) is 0. The molecule has 11 nitrogen and oxygen atoms in total. The summed E-state index contributed by atoms with van der Waals surface area (Å²) >= 11 is 0. The van der Waals surface area contributed by atoms with Gasteiger partial charge in [0.05, 0.1) is 34.2 Å². The number of benzene rings is 1. The topological polar surface area (TPSA) is 169 Å². The van der Waals surface area contributed by atoms with Crippen LogP contribution in [0.3, 0.4) is 0 Å². The van der Waals surface area contributed by atoms with E-state index in [-0.39, 0.29) is 17.2 Å². The van der Waals surface area contributed by atoms with Gasteiger partial charge in [-0.25, -0.2) is 14.9 Å². The fourth-order valence-electron chi connectivity index (χ4n) is 4.90. The molecule has 0 radical (unpaired) electrons. The number of carboxylic acids is 1. The van der Waals surface area contributed by atoms with Crippen LogP contribution in [0.4, 0.5) is 0 Å². The molecule has 0 aliphatic heterocycles. The number of nitrogens with one attached hydrogen (secondary N) is 2. The predicted octanol–water partition coefficient (Wildman–Crippen LogP) is 1.99. The molecular weight excluding hydrogens is 462 g/mol. The van der Waals surface area contributed by atoms with Crippen LogP contribution < -0.4 is 16.6 Å². The number of H-pyrrole nitrogens is 1. The van der Waals surface area contributed by atoms with Crippen molar-refractivity contribution in [1.29, 1.82) is 0 Å². The summed E-state index contributed by atoms with van der Waals surface area (Å²) in [5.41, 5.74) is 5.76. The molecule has 1 fully saturated rings. The monoisotopic (exact) mass is 487 g/mol. The van der Waals surface area contributed by atoms with Gasteiger partial charge in [0.15, 0.2) is 0 Å². The van der Waals surface area contributed by atoms with E-state index >= 15 is 0 Å². The molecule has 0 bridgehead atoms. The largest absolute Gasteiger partial charge is 0.478 e. The molecule has 1 aliphatic carbocycles. The van der Waals surface area contributed by atoms with Crippen molar-refractivity contribution in [3.05, 3.63) is 76.6 Å². The van der Waals surface area contributed by atoms with E-state index in [0.717, 1.165) is 32.1 Å². The number of hydrogen-bond donors (Lipinski definition) is 4. The summed E-state index contributed by atoms with van der Waals surface area (Å²) < 4.78 is 1.52. The highest BCUT2D eigenvalue weighted by Gasteiger charge is 2.46. The summed E-state index contributed by atoms with van der Waals surface area (Å²) in [5.74, 6) is -1.90. The van der Waals surface area contributed by atoms with Crippen molar-refractivity contribution in [2.24, 2.45) is 5.73 Å². The number of pyridine rings is 1. The van der Waals surface area contributed by atoms with Gasteiger partial charge in [-0.3, -0.25) is 24.5 Å². The highest BCUT2D eigenvalue weighted by Crippen LogP contribution is 2.31. The Morgan fingerprint density at radius 2 is 1.86 bits per heavy atom. The van der Waals surface area contributed by atoms with Crippen LogP contribution in [0.2, 0.25) is 0 Å². The number of carbonyl (C=O) groups is 2. The molecule has 1 atom stereocenters. The number of rotatable bonds is 7. The van der Waals surface area contributed by atoms with E-state index in [1.807, 2.05) is 0 Å². The number of aromatic carboxylic acids is 1. The minimum atomic E-state index is -1.81. The molecule has 1 amide bonds. The van der Waals surface area contributed by atoms with E-state index in [4.69, 9.17) is 5.73 Å². The number of hydrogen-bond acceptors (Lipinski definition) is 7. The molecule has 5 N–H and O–H groups in total. The lowest BCUT2D eigenvalue weighted by Gasteiger charge is -2.38. The number of imidazole rings is 1. The molecule has 3 heterocycles. The van der Waals surface area contributed by atoms with E-state index < -0.39 is 23.1 Å². The quantitative estimate of drug-likeness (QED) is 0.307. The van der Waals surface area contributed by atoms with Crippen LogP contribution in [0.1, 0.15) is 48.0 Å². The number of nitrogens with zero attached hydrogens (tertiary/aromatic N) is 4. The zero-order valence-corrected chi connectivity index (χ0v) is 19.3. The molecule has 4 aromatic rings. The van der Waals surface area contributed by atoms with Crippen molar-refractivity contribution in [2.45, 2.75) is 43.8 Å². The maximum atomic E-state index is 13.4. The summed E-state index contributed by atoms with van der Waals surface area (Å²) in [4.78, 5) is 46.6. The second-order valence-corrected chi connectivity index (χ2v) is 8.91. The van der Waals surface area contributed by atoms with E-state index in [1.54, 1.807) is 36.7 Å². The molecule has 1 unspecified atom stereocenters. The normalized spacial score (nSPS) is 16.0. The zero-order valence-electron chi connectivity index (χ0n) is 19.3. The minimum Gasteiger partial charge on any atom is -0.478 e. The Morgan fingerprint density at radius 3 is 2.56 bits per heavy atom. The van der Waals surface area contributed by atoms with Gasteiger partial charge in [0.1, 0.15) is 0 Å². The SMILES string of the molecule is NC(=O)C(NC1CCCCC1)(c1cc(-c2ccncc2)n[nH]c1=O)n1cnc2cc(C(=O)O)ccc21. The first kappa shape index (κ1) is 23.4. The number of aromatic amines is 1. The van der Waals surface area contributed by atoms with Crippen molar-refractivity contribution in [3.63, 3.8) is 0 Å². The van der Waals surface area contributed by atoms with Gasteiger partial charge in [-0.1, -0.05) is 19.3 Å². The van der Waals surface area contributed by atoms with Gasteiger partial charge in [0.2, 0.25) is 5.66 Å². The molecule has 5 rings (SSSR count). The smallest absolute Gasteiger partial charge is 0.335 e. The van der Waals surface area contributed by atoms with Crippen LogP contribution in [0.15, 0.2) is 59.9 Å². The first-order valence-electron chi connectivity index (χ1n) is 11.7. The molecule has 0 spiro atoms. The van der Waals surface area contributed by atoms with Crippen LogP contribution in [0, 0.1) is 0 Å². The maximum absolute atomic E-state index is 13.4. The van der Waals surface area contributed by atoms with Crippen LogP contribution in [0.25, 0.3) is 22.3 Å². The lowest BCUT2D eigenvalue weighted by atomic mass is 9.90. The third-order valence-electron chi connectivity index (χ3n) is 6.70. The fourth-order valence-corrected chi connectivity index (χ4v) is 4.90. The second-order valence-electron chi connectivity index (χ2n) is 8.91. The third-order valence-corrected chi connectivity index (χ3v) is 6.70. The molecular formula is C25H25N7O4. The Bertz CT molecular complexity index is 1490. The van der Waals surface area contributed by atoms with Crippen molar-refractivity contribution >= 4 is 22.9 Å². The van der Waals surface area contributed by atoms with Gasteiger partial charge in [-0.15, -0.1) is 0 Å². The van der Waals surface area contributed by atoms with Crippen LogP contribution >= 0.6 is 0 Å². The van der Waals surface area contributed by atoms with E-state index in [9.17, 15) is 19.5 Å². The van der Waals surface area contributed by atoms with Crippen LogP contribution in [0.5, 0.6) is 0 Å². The number of aromatic nitrogens is 5. The van der Waals surface area contributed by atoms with Gasteiger partial charge in [-0.05, 0) is 49.2 Å². The maximum Gasteiger partial charge on any atom is 0.335 e. The Kier molecular flexibility index (Phi) is 6.06. The molecule has 11 heteroatoms. The predicted molar refractivity (Wildman–Crippen MR) is 131 cm³/mol. The van der Waals surface area contributed by atoms with Crippen molar-refractivity contribution in [1.82, 2.24) is 30.0 Å². The van der Waals surface area contributed by atoms with E-state index in [1.165, 1.54) is 23.0 Å². The standard InChI is InChI=1S/C25H25N7O4/c26-24(36)25(29-17-4-2-1-3-5-17,32-14-28-20-12-16(23(34)35)6-7-21(20)32)18-13-19(30-31-22(18)33)15-8-10-27-11-9-15/h6-14,17,29H,1-5H2,(H2,26,36)(H,31,33)(H,34,35). The highest BCUT2D eigenvalue weighted by atomic mass is 16.4. The van der Waals surface area contributed by atoms with Gasteiger partial charge in [0, 0.05) is 24.0 Å². The minimum absolute atomic E-state index is 0.0550. The number of primary amides is 1. The Hall–Kier alpha value is -4.38. The first-order chi connectivity index (χ1) is 17.4. The van der Waals surface area contributed by atoms with Gasteiger partial charge in [0.25, 0.3) is 11.5 Å². The molecule has 36 heavy (non-hydrogen) atoms. The summed E-state index contributed by atoms with van der Waals surface area (Å²) in [6.07, 6.45) is 9.29. The number of amides is 1. The number of nitrogens with two attached hydrogens (primary N) is 1. The van der Waals surface area contributed by atoms with Crippen LogP contribution in [-0.4, -0.2) is 47.8 Å². The second kappa shape index (κ2) is 9.34. The zero-order chi connectivity index (χ0) is 25.3. The van der Waals surface area contributed by atoms with Crippen molar-refractivity contribution in [3.8, 4) is 11.3 Å². The Balaban J connectivity index is 1.76. The van der Waals surface area contributed by atoms with Crippen molar-refractivity contribution < 1.29 is 14.7 Å². The highest BCUT2D eigenvalue weighted by molar-refractivity contribution is 5.94. The summed E-state index contributed by atoms with van der Waals surface area (Å²) in [5, 5.41) is 19.5. The molecule has 1 saturated carbocycles. The van der Waals surface area contributed by atoms with E-state index in [2.05, 4.69) is 25.5 Å². The van der Waals surface area contributed by atoms with Gasteiger partial charge in [-0.2, -0.15) is 5.10 Å². The lowest BCUT2D eigenvalue weighted by molar-refractivity contribution is -0.126. The van der Waals surface area contributed by atoms with Crippen LogP contribution in [-0.2, 0) is 10.5 Å². The molecule has 3 aromatic heterocycles. The van der Waals surface area contributed by atoms with E-state index in [0.29, 0.717) is 22.3 Å². The Morgan fingerprint density at radius 1 is 1.11 bits per heavy atom. The molecule has 0 saturated heterocycles. The molecule has 1 aliphatic rings. The molecule has 184 valence electrons. The lowest BCUT2D eigenvalue weighted by Crippen LogP contribution is -2.62. The van der Waals surface area contributed by atoms with Gasteiger partial charge < -0.3 is 10.8 Å².